The molecule has 3 nitrogen and oxygen atoms in total. The average molecular weight is 353 g/mol. The van der Waals surface area contributed by atoms with Crippen molar-refractivity contribution in [2.24, 2.45) is 0 Å². The SMILES string of the molecule is CC[C@@](CO)(NCc1csc(-c2ccc(C)cc2)n1)c1ccccc1. The molecule has 1 atom stereocenters. The fraction of sp³-hybridized carbons (Fsp3) is 0.286. The van der Waals surface area contributed by atoms with E-state index in [0.29, 0.717) is 6.54 Å². The predicted molar refractivity (Wildman–Crippen MR) is 105 cm³/mol. The second-order valence-electron chi connectivity index (χ2n) is 6.32. The maximum atomic E-state index is 10.0. The summed E-state index contributed by atoms with van der Waals surface area (Å²) in [5.41, 5.74) is 4.07. The van der Waals surface area contributed by atoms with Crippen molar-refractivity contribution in [1.82, 2.24) is 10.3 Å². The summed E-state index contributed by atoms with van der Waals surface area (Å²) < 4.78 is 0. The molecule has 0 spiro atoms. The summed E-state index contributed by atoms with van der Waals surface area (Å²) in [6.45, 7) is 4.87. The molecular weight excluding hydrogens is 328 g/mol. The lowest BCUT2D eigenvalue weighted by molar-refractivity contribution is 0.153. The minimum absolute atomic E-state index is 0.0580. The van der Waals surface area contributed by atoms with E-state index in [-0.39, 0.29) is 6.61 Å². The van der Waals surface area contributed by atoms with Crippen LogP contribution in [0, 0.1) is 6.92 Å². The summed E-state index contributed by atoms with van der Waals surface area (Å²) in [6, 6.07) is 18.6. The van der Waals surface area contributed by atoms with Crippen molar-refractivity contribution in [3.05, 3.63) is 76.8 Å². The monoisotopic (exact) mass is 352 g/mol. The van der Waals surface area contributed by atoms with Crippen LogP contribution in [0.25, 0.3) is 10.6 Å². The summed E-state index contributed by atoms with van der Waals surface area (Å²) in [5.74, 6) is 0. The number of rotatable bonds is 7. The molecule has 25 heavy (non-hydrogen) atoms. The Balaban J connectivity index is 1.75. The van der Waals surface area contributed by atoms with Gasteiger partial charge in [-0.1, -0.05) is 67.1 Å². The van der Waals surface area contributed by atoms with Gasteiger partial charge in [0.2, 0.25) is 0 Å². The number of thiazole rings is 1. The van der Waals surface area contributed by atoms with Crippen LogP contribution in [0.5, 0.6) is 0 Å². The van der Waals surface area contributed by atoms with Crippen LogP contribution in [-0.2, 0) is 12.1 Å². The Bertz CT molecular complexity index is 792. The number of aromatic nitrogens is 1. The molecule has 0 aliphatic heterocycles. The van der Waals surface area contributed by atoms with Crippen molar-refractivity contribution in [2.45, 2.75) is 32.4 Å². The summed E-state index contributed by atoms with van der Waals surface area (Å²) in [4.78, 5) is 4.75. The first-order valence-electron chi connectivity index (χ1n) is 8.60. The van der Waals surface area contributed by atoms with Gasteiger partial charge >= 0.3 is 0 Å². The maximum Gasteiger partial charge on any atom is 0.123 e. The Morgan fingerprint density at radius 1 is 1.08 bits per heavy atom. The van der Waals surface area contributed by atoms with Crippen molar-refractivity contribution < 1.29 is 5.11 Å². The van der Waals surface area contributed by atoms with Crippen LogP contribution in [-0.4, -0.2) is 16.7 Å². The zero-order valence-corrected chi connectivity index (χ0v) is 15.5. The molecule has 0 saturated carbocycles. The molecule has 0 unspecified atom stereocenters. The fourth-order valence-electron chi connectivity index (χ4n) is 2.92. The molecule has 1 heterocycles. The number of aliphatic hydroxyl groups excluding tert-OH is 1. The molecule has 2 N–H and O–H groups in total. The Labute approximate surface area is 153 Å². The van der Waals surface area contributed by atoms with Crippen molar-refractivity contribution in [1.29, 1.82) is 0 Å². The standard InChI is InChI=1S/C21H24N2OS/c1-3-21(15-24,18-7-5-4-6-8-18)22-13-19-14-25-20(23-19)17-11-9-16(2)10-12-17/h4-12,14,22,24H,3,13,15H2,1-2H3/t21-/m0/s1. The number of nitrogens with one attached hydrogen (secondary N) is 1. The smallest absolute Gasteiger partial charge is 0.123 e. The van der Waals surface area contributed by atoms with E-state index >= 15 is 0 Å². The van der Waals surface area contributed by atoms with Crippen LogP contribution in [0.3, 0.4) is 0 Å². The van der Waals surface area contributed by atoms with Crippen LogP contribution in [0.2, 0.25) is 0 Å². The van der Waals surface area contributed by atoms with Gasteiger partial charge in [-0.2, -0.15) is 0 Å². The molecule has 0 fully saturated rings. The highest BCUT2D eigenvalue weighted by molar-refractivity contribution is 7.13. The van der Waals surface area contributed by atoms with E-state index in [1.807, 2.05) is 18.2 Å². The van der Waals surface area contributed by atoms with Gasteiger partial charge in [-0.25, -0.2) is 4.98 Å². The number of aryl methyl sites for hydroxylation is 1. The van der Waals surface area contributed by atoms with Gasteiger partial charge in [0.25, 0.3) is 0 Å². The van der Waals surface area contributed by atoms with Gasteiger partial charge in [-0.15, -0.1) is 11.3 Å². The Kier molecular flexibility index (Phi) is 5.63. The van der Waals surface area contributed by atoms with E-state index < -0.39 is 5.54 Å². The van der Waals surface area contributed by atoms with E-state index in [2.05, 4.69) is 60.9 Å². The lowest BCUT2D eigenvalue weighted by atomic mass is 9.88. The summed E-state index contributed by atoms with van der Waals surface area (Å²) >= 11 is 1.66. The summed E-state index contributed by atoms with van der Waals surface area (Å²) in [5, 5.41) is 16.7. The zero-order chi connectivity index (χ0) is 17.7. The second-order valence-corrected chi connectivity index (χ2v) is 7.18. The van der Waals surface area contributed by atoms with Crippen molar-refractivity contribution in [3.63, 3.8) is 0 Å². The molecule has 3 rings (SSSR count). The highest BCUT2D eigenvalue weighted by Crippen LogP contribution is 2.27. The van der Waals surface area contributed by atoms with E-state index in [4.69, 9.17) is 4.98 Å². The van der Waals surface area contributed by atoms with E-state index in [9.17, 15) is 5.11 Å². The highest BCUT2D eigenvalue weighted by Gasteiger charge is 2.29. The van der Waals surface area contributed by atoms with Gasteiger partial charge in [-0.3, -0.25) is 5.32 Å². The number of hydrogen-bond acceptors (Lipinski definition) is 4. The third-order valence-electron chi connectivity index (χ3n) is 4.66. The van der Waals surface area contributed by atoms with Crippen LogP contribution in [0.15, 0.2) is 60.0 Å². The average Bonchev–Trinajstić information content (AvgIpc) is 3.13. The first-order chi connectivity index (χ1) is 12.2. The van der Waals surface area contributed by atoms with E-state index in [0.717, 1.165) is 28.2 Å². The molecule has 130 valence electrons. The number of benzene rings is 2. The zero-order valence-electron chi connectivity index (χ0n) is 14.7. The molecule has 0 aliphatic carbocycles. The van der Waals surface area contributed by atoms with Gasteiger partial charge in [0, 0.05) is 17.5 Å². The lowest BCUT2D eigenvalue weighted by Gasteiger charge is -2.32. The molecule has 3 aromatic rings. The first kappa shape index (κ1) is 17.8. The minimum atomic E-state index is -0.436. The summed E-state index contributed by atoms with van der Waals surface area (Å²) in [7, 11) is 0. The van der Waals surface area contributed by atoms with Crippen molar-refractivity contribution in [3.8, 4) is 10.6 Å². The van der Waals surface area contributed by atoms with Crippen LogP contribution >= 0.6 is 11.3 Å². The normalized spacial score (nSPS) is 13.6. The molecule has 0 saturated heterocycles. The van der Waals surface area contributed by atoms with Crippen molar-refractivity contribution in [2.75, 3.05) is 6.61 Å². The maximum absolute atomic E-state index is 10.0. The van der Waals surface area contributed by atoms with Gasteiger partial charge in [0.05, 0.1) is 17.8 Å². The molecule has 2 aromatic carbocycles. The topological polar surface area (TPSA) is 45.1 Å². The molecular formula is C21H24N2OS. The number of hydrogen-bond donors (Lipinski definition) is 2. The highest BCUT2D eigenvalue weighted by atomic mass is 32.1. The quantitative estimate of drug-likeness (QED) is 0.658. The predicted octanol–water partition coefficient (Wildman–Crippen LogP) is 4.51. The number of aliphatic hydroxyl groups is 1. The third kappa shape index (κ3) is 3.98. The van der Waals surface area contributed by atoms with Crippen LogP contribution < -0.4 is 5.32 Å². The Morgan fingerprint density at radius 2 is 1.80 bits per heavy atom. The van der Waals surface area contributed by atoms with E-state index in [1.165, 1.54) is 5.56 Å². The fourth-order valence-corrected chi connectivity index (χ4v) is 3.75. The number of nitrogens with zero attached hydrogens (tertiary/aromatic N) is 1. The molecule has 1 aromatic heterocycles. The Morgan fingerprint density at radius 3 is 2.44 bits per heavy atom. The van der Waals surface area contributed by atoms with E-state index in [1.54, 1.807) is 11.3 Å². The molecule has 0 amide bonds. The van der Waals surface area contributed by atoms with Gasteiger partial charge in [-0.05, 0) is 18.9 Å². The van der Waals surface area contributed by atoms with Crippen LogP contribution in [0.1, 0.15) is 30.2 Å². The van der Waals surface area contributed by atoms with Gasteiger partial charge in [0.15, 0.2) is 0 Å². The molecule has 0 bridgehead atoms. The molecule has 4 heteroatoms. The molecule has 0 radical (unpaired) electrons. The largest absolute Gasteiger partial charge is 0.394 e. The third-order valence-corrected chi connectivity index (χ3v) is 5.60. The minimum Gasteiger partial charge on any atom is -0.394 e. The summed E-state index contributed by atoms with van der Waals surface area (Å²) in [6.07, 6.45) is 0.808. The van der Waals surface area contributed by atoms with Crippen LogP contribution in [0.4, 0.5) is 0 Å². The van der Waals surface area contributed by atoms with Crippen molar-refractivity contribution >= 4 is 11.3 Å². The van der Waals surface area contributed by atoms with Gasteiger partial charge < -0.3 is 5.11 Å². The van der Waals surface area contributed by atoms with Gasteiger partial charge in [0.1, 0.15) is 5.01 Å². The first-order valence-corrected chi connectivity index (χ1v) is 9.47. The second kappa shape index (κ2) is 7.91. The lowest BCUT2D eigenvalue weighted by Crippen LogP contribution is -2.44. The Hall–Kier alpha value is -2.01. The molecule has 0 aliphatic rings.